The van der Waals surface area contributed by atoms with E-state index in [2.05, 4.69) is 4.90 Å². The highest BCUT2D eigenvalue weighted by Crippen LogP contribution is 2.47. The normalized spacial score (nSPS) is 25.5. The first kappa shape index (κ1) is 23.4. The minimum atomic E-state index is -0.984. The maximum atomic E-state index is 13.8. The van der Waals surface area contributed by atoms with Crippen molar-refractivity contribution in [1.82, 2.24) is 9.80 Å². The number of benzene rings is 2. The Morgan fingerprint density at radius 2 is 1.67 bits per heavy atom. The number of hydrogen-bond donors (Lipinski definition) is 0. The molecule has 4 aliphatic rings. The average molecular weight is 498 g/mol. The van der Waals surface area contributed by atoms with E-state index < -0.39 is 29.5 Å². The average Bonchev–Trinajstić information content (AvgIpc) is 3.42. The lowest BCUT2D eigenvalue weighted by Crippen LogP contribution is -2.51. The van der Waals surface area contributed by atoms with Gasteiger partial charge in [0, 0.05) is 56.3 Å². The van der Waals surface area contributed by atoms with Crippen LogP contribution in [-0.4, -0.2) is 72.8 Å². The predicted molar refractivity (Wildman–Crippen MR) is 127 cm³/mol. The Bertz CT molecular complexity index is 1160. The van der Waals surface area contributed by atoms with Crippen molar-refractivity contribution in [3.8, 4) is 0 Å². The van der Waals surface area contributed by atoms with Crippen LogP contribution in [0.2, 0.25) is 0 Å². The van der Waals surface area contributed by atoms with Gasteiger partial charge in [0.2, 0.25) is 0 Å². The number of carbonyl (C=O) groups excluding carboxylic acids is 2. The minimum Gasteiger partial charge on any atom is -0.378 e. The lowest BCUT2D eigenvalue weighted by Gasteiger charge is -2.37. The molecule has 9 heteroatoms. The Morgan fingerprint density at radius 1 is 0.944 bits per heavy atom. The number of rotatable bonds is 3. The number of halogens is 2. The van der Waals surface area contributed by atoms with Gasteiger partial charge < -0.3 is 24.2 Å². The summed E-state index contributed by atoms with van der Waals surface area (Å²) in [6.07, 6.45) is 1.61. The zero-order valence-corrected chi connectivity index (χ0v) is 20.0. The highest BCUT2D eigenvalue weighted by molar-refractivity contribution is 5.96. The van der Waals surface area contributed by atoms with Crippen molar-refractivity contribution in [3.05, 3.63) is 65.2 Å². The van der Waals surface area contributed by atoms with E-state index in [0.29, 0.717) is 63.1 Å². The quantitative estimate of drug-likeness (QED) is 0.650. The molecule has 6 rings (SSSR count). The standard InChI is InChI=1S/C27H29F2N3O4/c28-20-14-19(15-21(29)17-20)23-4-5-24-32(23)26(34)27(36-24)6-8-31(9-7-27)25(33)18-2-1-3-22(16-18)30-10-12-35-13-11-30/h1-3,14-17,23-24H,4-13H2/t23-,24+/m0/s1. The van der Waals surface area contributed by atoms with E-state index in [-0.39, 0.29) is 11.8 Å². The van der Waals surface area contributed by atoms with Crippen LogP contribution in [0.1, 0.15) is 47.6 Å². The van der Waals surface area contributed by atoms with Crippen molar-refractivity contribution in [2.75, 3.05) is 44.3 Å². The molecule has 2 atom stereocenters. The molecule has 0 unspecified atom stereocenters. The summed E-state index contributed by atoms with van der Waals surface area (Å²) in [5.41, 5.74) is 1.10. The third kappa shape index (κ3) is 4.04. The van der Waals surface area contributed by atoms with Gasteiger partial charge in [0.15, 0.2) is 5.60 Å². The molecule has 0 saturated carbocycles. The molecule has 0 bridgehead atoms. The molecule has 4 fully saturated rings. The molecule has 0 radical (unpaired) electrons. The summed E-state index contributed by atoms with van der Waals surface area (Å²) >= 11 is 0. The number of piperidine rings is 1. The smallest absolute Gasteiger partial charge is 0.257 e. The van der Waals surface area contributed by atoms with Gasteiger partial charge in [-0.15, -0.1) is 0 Å². The Balaban J connectivity index is 1.14. The first-order valence-corrected chi connectivity index (χ1v) is 12.6. The second-order valence-electron chi connectivity index (χ2n) is 10.0. The van der Waals surface area contributed by atoms with Crippen LogP contribution in [0.4, 0.5) is 14.5 Å². The molecule has 1 spiro atoms. The highest BCUT2D eigenvalue weighted by atomic mass is 19.1. The summed E-state index contributed by atoms with van der Waals surface area (Å²) in [6.45, 7) is 3.76. The third-order valence-corrected chi connectivity index (χ3v) is 7.92. The number of amides is 2. The number of fused-ring (bicyclic) bond motifs is 1. The van der Waals surface area contributed by atoms with Gasteiger partial charge in [0.1, 0.15) is 17.9 Å². The SMILES string of the molecule is O=C(c1cccc(N2CCOCC2)c1)N1CCC2(CC1)O[C@@H]1CC[C@@H](c3cc(F)cc(F)c3)N1C2=O. The topological polar surface area (TPSA) is 62.3 Å². The van der Waals surface area contributed by atoms with Gasteiger partial charge in [-0.2, -0.15) is 0 Å². The van der Waals surface area contributed by atoms with E-state index in [1.807, 2.05) is 24.3 Å². The maximum Gasteiger partial charge on any atom is 0.257 e. The van der Waals surface area contributed by atoms with Gasteiger partial charge >= 0.3 is 0 Å². The van der Waals surface area contributed by atoms with Crippen molar-refractivity contribution >= 4 is 17.5 Å². The van der Waals surface area contributed by atoms with Gasteiger partial charge in [0.05, 0.1) is 19.3 Å². The third-order valence-electron chi connectivity index (χ3n) is 7.92. The number of nitrogens with zero attached hydrogens (tertiary/aromatic N) is 3. The molecule has 2 aromatic carbocycles. The minimum absolute atomic E-state index is 0.0565. The molecule has 2 amide bonds. The van der Waals surface area contributed by atoms with Crippen molar-refractivity contribution in [1.29, 1.82) is 0 Å². The molecule has 0 aliphatic carbocycles. The van der Waals surface area contributed by atoms with Crippen LogP contribution in [0.25, 0.3) is 0 Å². The molecule has 4 heterocycles. The Labute approximate surface area is 208 Å². The maximum absolute atomic E-state index is 13.8. The summed E-state index contributed by atoms with van der Waals surface area (Å²) in [7, 11) is 0. The van der Waals surface area contributed by atoms with Crippen molar-refractivity contribution in [2.45, 2.75) is 43.6 Å². The fourth-order valence-corrected chi connectivity index (χ4v) is 6.05. The Kier molecular flexibility index (Phi) is 5.92. The Hall–Kier alpha value is -3.04. The molecular weight excluding hydrogens is 468 g/mol. The van der Waals surface area contributed by atoms with Crippen molar-refractivity contribution in [2.24, 2.45) is 0 Å². The van der Waals surface area contributed by atoms with E-state index in [1.54, 1.807) is 9.80 Å². The monoisotopic (exact) mass is 497 g/mol. The van der Waals surface area contributed by atoms with Crippen LogP contribution in [-0.2, 0) is 14.3 Å². The summed E-state index contributed by atoms with van der Waals surface area (Å²) < 4.78 is 39.4. The second-order valence-corrected chi connectivity index (χ2v) is 10.0. The largest absolute Gasteiger partial charge is 0.378 e. The molecule has 4 aliphatic heterocycles. The molecule has 4 saturated heterocycles. The van der Waals surface area contributed by atoms with Gasteiger partial charge in [-0.25, -0.2) is 8.78 Å². The van der Waals surface area contributed by atoms with Gasteiger partial charge in [-0.3, -0.25) is 9.59 Å². The lowest BCUT2D eigenvalue weighted by atomic mass is 9.89. The first-order chi connectivity index (χ1) is 17.4. The van der Waals surface area contributed by atoms with Crippen molar-refractivity contribution in [3.63, 3.8) is 0 Å². The van der Waals surface area contributed by atoms with Gasteiger partial charge in [-0.05, 0) is 48.7 Å². The summed E-state index contributed by atoms with van der Waals surface area (Å²) in [5.74, 6) is -1.50. The van der Waals surface area contributed by atoms with Crippen LogP contribution >= 0.6 is 0 Å². The fraction of sp³-hybridized carbons (Fsp3) is 0.481. The van der Waals surface area contributed by atoms with E-state index in [0.717, 1.165) is 24.8 Å². The van der Waals surface area contributed by atoms with Crippen LogP contribution < -0.4 is 4.90 Å². The van der Waals surface area contributed by atoms with E-state index >= 15 is 0 Å². The predicted octanol–water partition coefficient (Wildman–Crippen LogP) is 3.50. The lowest BCUT2D eigenvalue weighted by molar-refractivity contribution is -0.142. The fourth-order valence-electron chi connectivity index (χ4n) is 6.05. The summed E-state index contributed by atoms with van der Waals surface area (Å²) in [4.78, 5) is 32.5. The van der Waals surface area contributed by atoms with E-state index in [4.69, 9.17) is 9.47 Å². The first-order valence-electron chi connectivity index (χ1n) is 12.6. The van der Waals surface area contributed by atoms with Crippen LogP contribution in [0, 0.1) is 11.6 Å². The van der Waals surface area contributed by atoms with Crippen LogP contribution in [0.3, 0.4) is 0 Å². The van der Waals surface area contributed by atoms with E-state index in [1.165, 1.54) is 12.1 Å². The summed E-state index contributed by atoms with van der Waals surface area (Å²) in [6, 6.07) is 10.7. The zero-order chi connectivity index (χ0) is 24.9. The van der Waals surface area contributed by atoms with Crippen molar-refractivity contribution < 1.29 is 27.8 Å². The molecule has 36 heavy (non-hydrogen) atoms. The number of hydrogen-bond acceptors (Lipinski definition) is 5. The zero-order valence-electron chi connectivity index (χ0n) is 20.0. The molecule has 0 N–H and O–H groups in total. The van der Waals surface area contributed by atoms with E-state index in [9.17, 15) is 18.4 Å². The second kappa shape index (κ2) is 9.12. The molecule has 7 nitrogen and oxygen atoms in total. The van der Waals surface area contributed by atoms with Crippen LogP contribution in [0.15, 0.2) is 42.5 Å². The highest BCUT2D eigenvalue weighted by Gasteiger charge is 2.58. The molecule has 190 valence electrons. The number of ether oxygens (including phenoxy) is 2. The number of carbonyl (C=O) groups is 2. The number of anilines is 1. The molecular formula is C27H29F2N3O4. The van der Waals surface area contributed by atoms with Crippen LogP contribution in [0.5, 0.6) is 0 Å². The molecule has 0 aromatic heterocycles. The number of likely N-dealkylation sites (tertiary alicyclic amines) is 1. The summed E-state index contributed by atoms with van der Waals surface area (Å²) in [5, 5.41) is 0. The van der Waals surface area contributed by atoms with Gasteiger partial charge in [-0.1, -0.05) is 6.07 Å². The van der Waals surface area contributed by atoms with Gasteiger partial charge in [0.25, 0.3) is 11.8 Å². The Morgan fingerprint density at radius 3 is 2.39 bits per heavy atom. The number of morpholine rings is 1. The molecule has 2 aromatic rings.